The van der Waals surface area contributed by atoms with Crippen LogP contribution in [0.25, 0.3) is 22.3 Å². The Morgan fingerprint density at radius 3 is 2.58 bits per heavy atom. The van der Waals surface area contributed by atoms with Gasteiger partial charge in [-0.1, -0.05) is 22.9 Å². The fourth-order valence-electron chi connectivity index (χ4n) is 6.13. The van der Waals surface area contributed by atoms with E-state index in [2.05, 4.69) is 33.1 Å². The molecule has 1 unspecified atom stereocenters. The number of aryl methyl sites for hydroxylation is 2. The second kappa shape index (κ2) is 9.78. The predicted molar refractivity (Wildman–Crippen MR) is 143 cm³/mol. The topological polar surface area (TPSA) is 89.1 Å². The zero-order valence-electron chi connectivity index (χ0n) is 21.4. The number of fused-ring (bicyclic) bond motifs is 1. The lowest BCUT2D eigenvalue weighted by Crippen LogP contribution is -2.40. The minimum atomic E-state index is -0.517. The second-order valence-corrected chi connectivity index (χ2v) is 10.8. The zero-order chi connectivity index (χ0) is 26.6. The van der Waals surface area contributed by atoms with Crippen LogP contribution in [0.2, 0.25) is 5.02 Å². The van der Waals surface area contributed by atoms with Crippen LogP contribution in [-0.2, 0) is 11.8 Å². The highest BCUT2D eigenvalue weighted by molar-refractivity contribution is 6.31. The van der Waals surface area contributed by atoms with Crippen molar-refractivity contribution in [2.45, 2.75) is 70.1 Å². The maximum Gasteiger partial charge on any atom is 0.227 e. The number of benzene rings is 2. The van der Waals surface area contributed by atoms with Crippen LogP contribution in [0.1, 0.15) is 68.5 Å². The smallest absolute Gasteiger partial charge is 0.227 e. The first kappa shape index (κ1) is 25.0. The number of aliphatic hydroxyl groups is 1. The van der Waals surface area contributed by atoms with Gasteiger partial charge in [0.2, 0.25) is 5.91 Å². The minimum Gasteiger partial charge on any atom is -0.393 e. The number of piperidine rings is 1. The molecule has 0 radical (unpaired) electrons. The summed E-state index contributed by atoms with van der Waals surface area (Å²) in [5.41, 5.74) is 5.14. The third-order valence-electron chi connectivity index (χ3n) is 7.94. The van der Waals surface area contributed by atoms with Gasteiger partial charge >= 0.3 is 0 Å². The van der Waals surface area contributed by atoms with E-state index in [4.69, 9.17) is 16.6 Å². The Bertz CT molecular complexity index is 1500. The highest BCUT2D eigenvalue weighted by Gasteiger charge is 2.36. The number of imidazole rings is 1. The van der Waals surface area contributed by atoms with Crippen molar-refractivity contribution in [3.05, 3.63) is 58.8 Å². The number of aliphatic hydroxyl groups excluding tert-OH is 1. The summed E-state index contributed by atoms with van der Waals surface area (Å²) in [6.45, 7) is 1.93. The van der Waals surface area contributed by atoms with Crippen molar-refractivity contribution in [3.8, 4) is 11.3 Å². The van der Waals surface area contributed by atoms with Gasteiger partial charge in [0.05, 0.1) is 39.6 Å². The van der Waals surface area contributed by atoms with E-state index in [1.165, 1.54) is 12.1 Å². The van der Waals surface area contributed by atoms with Crippen LogP contribution in [-0.4, -0.2) is 41.7 Å². The molecule has 2 aromatic heterocycles. The molecule has 4 aromatic rings. The van der Waals surface area contributed by atoms with Crippen LogP contribution in [0, 0.1) is 12.7 Å². The summed E-state index contributed by atoms with van der Waals surface area (Å²) in [4.78, 5) is 20.2. The first-order valence-electron chi connectivity index (χ1n) is 13.2. The molecule has 2 aromatic carbocycles. The molecule has 0 spiro atoms. The first-order valence-corrected chi connectivity index (χ1v) is 13.5. The Hall–Kier alpha value is -3.30. The van der Waals surface area contributed by atoms with E-state index in [9.17, 15) is 14.3 Å². The number of hydrogen-bond donors (Lipinski definition) is 1. The van der Waals surface area contributed by atoms with Gasteiger partial charge in [-0.05, 0) is 75.8 Å². The summed E-state index contributed by atoms with van der Waals surface area (Å²) in [6, 6.07) is 10.5. The van der Waals surface area contributed by atoms with Crippen LogP contribution in [0.5, 0.6) is 0 Å². The van der Waals surface area contributed by atoms with Gasteiger partial charge in [0.25, 0.3) is 0 Å². The Morgan fingerprint density at radius 2 is 1.87 bits per heavy atom. The van der Waals surface area contributed by atoms with E-state index < -0.39 is 5.82 Å². The fraction of sp³-hybridized carbons (Fsp3) is 0.429. The molecule has 1 saturated heterocycles. The molecule has 1 aliphatic heterocycles. The molecule has 2 aliphatic rings. The number of aromatic nitrogens is 5. The molecule has 1 N–H and O–H groups in total. The number of anilines is 1. The number of halogens is 2. The van der Waals surface area contributed by atoms with Gasteiger partial charge in [0.1, 0.15) is 11.6 Å². The number of carbonyl (C=O) groups excluding carboxylic acids is 1. The van der Waals surface area contributed by atoms with E-state index in [1.54, 1.807) is 15.6 Å². The average molecular weight is 537 g/mol. The van der Waals surface area contributed by atoms with Crippen molar-refractivity contribution in [1.29, 1.82) is 0 Å². The molecule has 2 fully saturated rings. The number of amides is 1. The summed E-state index contributed by atoms with van der Waals surface area (Å²) < 4.78 is 18.0. The number of nitrogens with zero attached hydrogens (tertiary/aromatic N) is 6. The third-order valence-corrected chi connectivity index (χ3v) is 8.23. The van der Waals surface area contributed by atoms with Crippen molar-refractivity contribution in [2.24, 2.45) is 7.05 Å². The van der Waals surface area contributed by atoms with Gasteiger partial charge < -0.3 is 14.6 Å². The molecular weight excluding hydrogens is 507 g/mol. The summed E-state index contributed by atoms with van der Waals surface area (Å²) in [5.74, 6) is 0.266. The second-order valence-electron chi connectivity index (χ2n) is 10.4. The summed E-state index contributed by atoms with van der Waals surface area (Å²) in [5, 5.41) is 18.5. The van der Waals surface area contributed by atoms with Gasteiger partial charge in [-0.3, -0.25) is 4.79 Å². The maximum absolute atomic E-state index is 14.0. The average Bonchev–Trinajstić information content (AvgIpc) is 3.45. The number of carbonyl (C=O) groups is 1. The van der Waals surface area contributed by atoms with Crippen molar-refractivity contribution in [2.75, 3.05) is 4.90 Å². The molecule has 198 valence electrons. The quantitative estimate of drug-likeness (QED) is 0.363. The molecule has 3 heterocycles. The molecule has 0 bridgehead atoms. The van der Waals surface area contributed by atoms with Gasteiger partial charge in [-0.15, -0.1) is 5.10 Å². The Morgan fingerprint density at radius 1 is 1.08 bits per heavy atom. The molecule has 8 nitrogen and oxygen atoms in total. The lowest BCUT2D eigenvalue weighted by atomic mass is 9.92. The zero-order valence-corrected chi connectivity index (χ0v) is 22.2. The van der Waals surface area contributed by atoms with Crippen LogP contribution in [0.15, 0.2) is 36.4 Å². The first-order chi connectivity index (χ1) is 18.3. The van der Waals surface area contributed by atoms with Crippen molar-refractivity contribution < 1.29 is 14.3 Å². The highest BCUT2D eigenvalue weighted by Crippen LogP contribution is 2.42. The third kappa shape index (κ3) is 4.27. The van der Waals surface area contributed by atoms with Crippen LogP contribution < -0.4 is 4.90 Å². The van der Waals surface area contributed by atoms with Gasteiger partial charge in [-0.2, -0.15) is 0 Å². The molecule has 6 rings (SSSR count). The molecular formula is C28H30ClFN6O2. The Kier molecular flexibility index (Phi) is 6.44. The molecule has 1 amide bonds. The predicted octanol–water partition coefficient (Wildman–Crippen LogP) is 5.67. The van der Waals surface area contributed by atoms with Gasteiger partial charge in [-0.25, -0.2) is 14.1 Å². The molecule has 38 heavy (non-hydrogen) atoms. The maximum atomic E-state index is 14.0. The van der Waals surface area contributed by atoms with Gasteiger partial charge in [0, 0.05) is 30.8 Å². The lowest BCUT2D eigenvalue weighted by molar-refractivity contribution is -0.120. The van der Waals surface area contributed by atoms with Crippen LogP contribution in [0.4, 0.5) is 10.1 Å². The SMILES string of the molecule is Cc1nnn(C)c1-c1ccc2c(c1)nc(C1CCCC(=O)N1c1ccc(F)c(Cl)c1)n2C1CCC(O)CC1. The molecule has 10 heteroatoms. The van der Waals surface area contributed by atoms with E-state index in [-0.39, 0.29) is 29.1 Å². The fourth-order valence-corrected chi connectivity index (χ4v) is 6.30. The Labute approximate surface area is 225 Å². The molecule has 1 saturated carbocycles. The van der Waals surface area contributed by atoms with E-state index in [0.29, 0.717) is 12.1 Å². The lowest BCUT2D eigenvalue weighted by Gasteiger charge is -2.37. The highest BCUT2D eigenvalue weighted by atomic mass is 35.5. The van der Waals surface area contributed by atoms with Crippen molar-refractivity contribution >= 4 is 34.2 Å². The monoisotopic (exact) mass is 536 g/mol. The van der Waals surface area contributed by atoms with E-state index in [1.807, 2.05) is 14.0 Å². The molecule has 1 aliphatic carbocycles. The summed E-state index contributed by atoms with van der Waals surface area (Å²) in [6.07, 6.45) is 4.71. The summed E-state index contributed by atoms with van der Waals surface area (Å²) in [7, 11) is 1.87. The largest absolute Gasteiger partial charge is 0.393 e. The van der Waals surface area contributed by atoms with E-state index in [0.717, 1.165) is 72.3 Å². The van der Waals surface area contributed by atoms with Crippen molar-refractivity contribution in [3.63, 3.8) is 0 Å². The van der Waals surface area contributed by atoms with Crippen molar-refractivity contribution in [1.82, 2.24) is 24.5 Å². The minimum absolute atomic E-state index is 0.0146. The normalized spacial score (nSPS) is 22.4. The van der Waals surface area contributed by atoms with E-state index >= 15 is 0 Å². The van der Waals surface area contributed by atoms with Crippen LogP contribution >= 0.6 is 11.6 Å². The Balaban J connectivity index is 1.51. The number of hydrogen-bond acceptors (Lipinski definition) is 5. The molecule has 1 atom stereocenters. The van der Waals surface area contributed by atoms with Crippen LogP contribution in [0.3, 0.4) is 0 Å². The standard InChI is InChI=1S/C28H30ClFN6O2/c1-16-27(34(2)33-32-16)17-6-13-24-23(14-17)31-28(36(24)18-7-10-20(37)11-8-18)25-4-3-5-26(38)35(25)19-9-12-22(30)21(29)15-19/h6,9,12-15,18,20,25,37H,3-5,7-8,10-11H2,1-2H3. The number of rotatable bonds is 4. The summed E-state index contributed by atoms with van der Waals surface area (Å²) >= 11 is 6.13. The van der Waals surface area contributed by atoms with Gasteiger partial charge in [0.15, 0.2) is 0 Å².